The molecule has 0 saturated carbocycles. The summed E-state index contributed by atoms with van der Waals surface area (Å²) in [5.41, 5.74) is 1.01. The smallest absolute Gasteiger partial charge is 0.259 e. The number of nitrogens with one attached hydrogen (secondary N) is 1. The lowest BCUT2D eigenvalue weighted by atomic mass is 10.1. The van der Waals surface area contributed by atoms with Crippen molar-refractivity contribution in [3.63, 3.8) is 0 Å². The Labute approximate surface area is 152 Å². The minimum absolute atomic E-state index is 0.294. The minimum Gasteiger partial charge on any atom is -0.497 e. The number of anilines is 1. The number of carbonyl (C=O) groups is 1. The fraction of sp³-hybridized carbons (Fsp3) is 0.0952. The first-order valence-corrected chi connectivity index (χ1v) is 8.06. The number of para-hydroxylation sites is 1. The van der Waals surface area contributed by atoms with Gasteiger partial charge in [-0.1, -0.05) is 24.3 Å². The van der Waals surface area contributed by atoms with Gasteiger partial charge in [0.15, 0.2) is 0 Å². The third kappa shape index (κ3) is 4.13. The Bertz CT molecular complexity index is 894. The average molecular weight is 349 g/mol. The highest BCUT2D eigenvalue weighted by molar-refractivity contribution is 6.06. The molecule has 3 rings (SSSR count). The Morgan fingerprint density at radius 3 is 2.27 bits per heavy atom. The second-order valence-electron chi connectivity index (χ2n) is 5.46. The van der Waals surface area contributed by atoms with Gasteiger partial charge in [-0.15, -0.1) is 0 Å². The summed E-state index contributed by atoms with van der Waals surface area (Å²) in [5, 5.41) is 2.86. The maximum atomic E-state index is 12.6. The van der Waals surface area contributed by atoms with Crippen LogP contribution in [0, 0.1) is 0 Å². The molecule has 3 aromatic rings. The highest BCUT2D eigenvalue weighted by atomic mass is 16.5. The summed E-state index contributed by atoms with van der Waals surface area (Å²) >= 11 is 0. The second-order valence-corrected chi connectivity index (χ2v) is 5.46. The Morgan fingerprint density at radius 2 is 1.54 bits per heavy atom. The molecule has 26 heavy (non-hydrogen) atoms. The molecular formula is C21H19NO4. The van der Waals surface area contributed by atoms with Gasteiger partial charge in [-0.3, -0.25) is 4.79 Å². The van der Waals surface area contributed by atoms with Crippen molar-refractivity contribution in [2.24, 2.45) is 0 Å². The van der Waals surface area contributed by atoms with Crippen LogP contribution in [0.15, 0.2) is 72.8 Å². The quantitative estimate of drug-likeness (QED) is 0.698. The first kappa shape index (κ1) is 17.4. The van der Waals surface area contributed by atoms with E-state index in [-0.39, 0.29) is 5.91 Å². The van der Waals surface area contributed by atoms with E-state index in [4.69, 9.17) is 14.2 Å². The summed E-state index contributed by atoms with van der Waals surface area (Å²) in [5.74, 6) is 2.12. The SMILES string of the molecule is COc1ccc(OC)c(C(=O)Nc2cccc(Oc3ccccc3)c2)c1. The summed E-state index contributed by atoms with van der Waals surface area (Å²) in [6.45, 7) is 0. The summed E-state index contributed by atoms with van der Waals surface area (Å²) in [4.78, 5) is 12.6. The zero-order valence-corrected chi connectivity index (χ0v) is 14.6. The number of carbonyl (C=O) groups excluding carboxylic acids is 1. The van der Waals surface area contributed by atoms with Crippen LogP contribution in [0.3, 0.4) is 0 Å². The van der Waals surface area contributed by atoms with Crippen molar-refractivity contribution >= 4 is 11.6 Å². The Morgan fingerprint density at radius 1 is 0.769 bits per heavy atom. The maximum absolute atomic E-state index is 12.6. The molecule has 0 saturated heterocycles. The molecule has 0 unspecified atom stereocenters. The van der Waals surface area contributed by atoms with Crippen molar-refractivity contribution in [1.29, 1.82) is 0 Å². The van der Waals surface area contributed by atoms with E-state index in [0.29, 0.717) is 28.5 Å². The van der Waals surface area contributed by atoms with Gasteiger partial charge in [0, 0.05) is 11.8 Å². The Kier molecular flexibility index (Phi) is 5.39. The molecule has 0 fully saturated rings. The van der Waals surface area contributed by atoms with E-state index in [1.165, 1.54) is 7.11 Å². The number of ether oxygens (including phenoxy) is 3. The molecule has 0 aliphatic rings. The van der Waals surface area contributed by atoms with Gasteiger partial charge in [-0.05, 0) is 42.5 Å². The van der Waals surface area contributed by atoms with Crippen LogP contribution in [0.1, 0.15) is 10.4 Å². The molecule has 0 heterocycles. The molecule has 0 radical (unpaired) electrons. The van der Waals surface area contributed by atoms with Gasteiger partial charge in [-0.25, -0.2) is 0 Å². The molecule has 0 atom stereocenters. The molecule has 1 N–H and O–H groups in total. The van der Waals surface area contributed by atoms with E-state index in [0.717, 1.165) is 5.75 Å². The fourth-order valence-corrected chi connectivity index (χ4v) is 2.45. The van der Waals surface area contributed by atoms with Gasteiger partial charge in [0.1, 0.15) is 23.0 Å². The fourth-order valence-electron chi connectivity index (χ4n) is 2.45. The first-order chi connectivity index (χ1) is 12.7. The highest BCUT2D eigenvalue weighted by Gasteiger charge is 2.14. The minimum atomic E-state index is -0.294. The van der Waals surface area contributed by atoms with Crippen molar-refractivity contribution in [3.8, 4) is 23.0 Å². The molecule has 5 heteroatoms. The number of hydrogen-bond acceptors (Lipinski definition) is 4. The summed E-state index contributed by atoms with van der Waals surface area (Å²) in [7, 11) is 3.07. The van der Waals surface area contributed by atoms with E-state index in [1.807, 2.05) is 42.5 Å². The number of hydrogen-bond donors (Lipinski definition) is 1. The van der Waals surface area contributed by atoms with E-state index in [9.17, 15) is 4.79 Å². The van der Waals surface area contributed by atoms with Gasteiger partial charge in [0.05, 0.1) is 19.8 Å². The van der Waals surface area contributed by atoms with E-state index in [1.54, 1.807) is 37.4 Å². The zero-order valence-electron chi connectivity index (χ0n) is 14.6. The van der Waals surface area contributed by atoms with Gasteiger partial charge in [0.25, 0.3) is 5.91 Å². The molecule has 0 aromatic heterocycles. The van der Waals surface area contributed by atoms with Crippen molar-refractivity contribution in [2.75, 3.05) is 19.5 Å². The maximum Gasteiger partial charge on any atom is 0.259 e. The predicted molar refractivity (Wildman–Crippen MR) is 100 cm³/mol. The average Bonchev–Trinajstić information content (AvgIpc) is 2.68. The number of rotatable bonds is 6. The van der Waals surface area contributed by atoms with E-state index in [2.05, 4.69) is 5.32 Å². The van der Waals surface area contributed by atoms with E-state index < -0.39 is 0 Å². The summed E-state index contributed by atoms with van der Waals surface area (Å²) in [6.07, 6.45) is 0. The van der Waals surface area contributed by atoms with Crippen molar-refractivity contribution in [2.45, 2.75) is 0 Å². The topological polar surface area (TPSA) is 56.8 Å². The highest BCUT2D eigenvalue weighted by Crippen LogP contribution is 2.27. The van der Waals surface area contributed by atoms with Crippen molar-refractivity contribution in [1.82, 2.24) is 0 Å². The van der Waals surface area contributed by atoms with Crippen LogP contribution in [0.25, 0.3) is 0 Å². The van der Waals surface area contributed by atoms with Gasteiger partial charge >= 0.3 is 0 Å². The third-order valence-corrected chi connectivity index (χ3v) is 3.72. The van der Waals surface area contributed by atoms with Crippen LogP contribution in [-0.4, -0.2) is 20.1 Å². The van der Waals surface area contributed by atoms with Crippen molar-refractivity contribution < 1.29 is 19.0 Å². The summed E-state index contributed by atoms with van der Waals surface area (Å²) < 4.78 is 16.2. The molecule has 0 spiro atoms. The van der Waals surface area contributed by atoms with E-state index >= 15 is 0 Å². The number of methoxy groups -OCH3 is 2. The van der Waals surface area contributed by atoms with Crippen LogP contribution in [-0.2, 0) is 0 Å². The second kappa shape index (κ2) is 8.07. The molecule has 132 valence electrons. The Hall–Kier alpha value is -3.47. The lowest BCUT2D eigenvalue weighted by Gasteiger charge is -2.12. The summed E-state index contributed by atoms with van der Waals surface area (Å²) in [6, 6.07) is 21.7. The molecule has 0 aliphatic carbocycles. The molecular weight excluding hydrogens is 330 g/mol. The molecule has 0 aliphatic heterocycles. The number of benzene rings is 3. The normalized spacial score (nSPS) is 10.1. The van der Waals surface area contributed by atoms with Gasteiger partial charge < -0.3 is 19.5 Å². The zero-order chi connectivity index (χ0) is 18.4. The van der Waals surface area contributed by atoms with Crippen LogP contribution >= 0.6 is 0 Å². The molecule has 1 amide bonds. The monoisotopic (exact) mass is 349 g/mol. The first-order valence-electron chi connectivity index (χ1n) is 8.06. The van der Waals surface area contributed by atoms with Crippen LogP contribution in [0.5, 0.6) is 23.0 Å². The molecule has 3 aromatic carbocycles. The molecule has 5 nitrogen and oxygen atoms in total. The van der Waals surface area contributed by atoms with Crippen LogP contribution in [0.4, 0.5) is 5.69 Å². The Balaban J connectivity index is 1.79. The molecule has 0 bridgehead atoms. The van der Waals surface area contributed by atoms with Crippen LogP contribution in [0.2, 0.25) is 0 Å². The van der Waals surface area contributed by atoms with Crippen LogP contribution < -0.4 is 19.5 Å². The number of amides is 1. The van der Waals surface area contributed by atoms with Gasteiger partial charge in [0.2, 0.25) is 0 Å². The third-order valence-electron chi connectivity index (χ3n) is 3.72. The standard InChI is InChI=1S/C21H19NO4/c1-24-17-11-12-20(25-2)19(14-17)21(23)22-15-7-6-10-18(13-15)26-16-8-4-3-5-9-16/h3-14H,1-2H3,(H,22,23). The van der Waals surface area contributed by atoms with Crippen molar-refractivity contribution in [3.05, 3.63) is 78.4 Å². The lowest BCUT2D eigenvalue weighted by Crippen LogP contribution is -2.13. The van der Waals surface area contributed by atoms with Gasteiger partial charge in [-0.2, -0.15) is 0 Å². The predicted octanol–water partition coefficient (Wildman–Crippen LogP) is 4.75. The lowest BCUT2D eigenvalue weighted by molar-refractivity contribution is 0.102. The largest absolute Gasteiger partial charge is 0.497 e.